The third-order valence-electron chi connectivity index (χ3n) is 3.19. The van der Waals surface area contributed by atoms with Crippen LogP contribution in [0.25, 0.3) is 0 Å². The van der Waals surface area contributed by atoms with Crippen molar-refractivity contribution in [3.8, 4) is 0 Å². The number of likely N-dealkylation sites (N-methyl/N-ethyl adjacent to an activating group) is 1. The molecule has 14 heavy (non-hydrogen) atoms. The Balaban J connectivity index is 1.72. The van der Waals surface area contributed by atoms with Crippen molar-refractivity contribution in [1.29, 1.82) is 0 Å². The van der Waals surface area contributed by atoms with Crippen molar-refractivity contribution in [3.05, 3.63) is 0 Å². The van der Waals surface area contributed by atoms with Gasteiger partial charge in [0.1, 0.15) is 0 Å². The van der Waals surface area contributed by atoms with Crippen LogP contribution >= 0.6 is 0 Å². The molecule has 2 rings (SSSR count). The SMILES string of the molecule is CN1CCN(CCN2CCCC2)C1=O. The zero-order valence-corrected chi connectivity index (χ0v) is 8.91. The Hall–Kier alpha value is -0.770. The second kappa shape index (κ2) is 4.17. The average Bonchev–Trinajstić information content (AvgIpc) is 2.77. The highest BCUT2D eigenvalue weighted by atomic mass is 16.2. The summed E-state index contributed by atoms with van der Waals surface area (Å²) in [5.41, 5.74) is 0. The van der Waals surface area contributed by atoms with E-state index in [1.165, 1.54) is 25.9 Å². The molecule has 80 valence electrons. The Labute approximate surface area is 85.5 Å². The molecule has 0 saturated carbocycles. The van der Waals surface area contributed by atoms with Crippen molar-refractivity contribution >= 4 is 6.03 Å². The summed E-state index contributed by atoms with van der Waals surface area (Å²) in [5.74, 6) is 0. The number of rotatable bonds is 3. The van der Waals surface area contributed by atoms with Gasteiger partial charge in [-0.25, -0.2) is 4.79 Å². The summed E-state index contributed by atoms with van der Waals surface area (Å²) in [6.07, 6.45) is 2.65. The Morgan fingerprint density at radius 2 is 1.79 bits per heavy atom. The smallest absolute Gasteiger partial charge is 0.319 e. The van der Waals surface area contributed by atoms with Gasteiger partial charge < -0.3 is 14.7 Å². The van der Waals surface area contributed by atoms with Gasteiger partial charge in [0.05, 0.1) is 0 Å². The molecule has 2 fully saturated rings. The number of amides is 2. The molecule has 2 amide bonds. The van der Waals surface area contributed by atoms with Gasteiger partial charge in [-0.1, -0.05) is 0 Å². The van der Waals surface area contributed by atoms with Crippen molar-refractivity contribution in [2.24, 2.45) is 0 Å². The first-order chi connectivity index (χ1) is 6.77. The Morgan fingerprint density at radius 1 is 1.07 bits per heavy atom. The largest absolute Gasteiger partial charge is 0.326 e. The Kier molecular flexibility index (Phi) is 2.91. The molecule has 4 heteroatoms. The van der Waals surface area contributed by atoms with E-state index in [2.05, 4.69) is 4.90 Å². The minimum absolute atomic E-state index is 0.198. The molecular formula is C10H19N3O. The predicted molar refractivity (Wildman–Crippen MR) is 55.3 cm³/mol. The van der Waals surface area contributed by atoms with E-state index in [1.807, 2.05) is 11.9 Å². The Bertz CT molecular complexity index is 213. The number of carbonyl (C=O) groups excluding carboxylic acids is 1. The maximum Gasteiger partial charge on any atom is 0.319 e. The van der Waals surface area contributed by atoms with E-state index in [4.69, 9.17) is 0 Å². The molecule has 2 aliphatic heterocycles. The predicted octanol–water partition coefficient (Wildman–Crippen LogP) is 0.450. The van der Waals surface area contributed by atoms with E-state index in [0.29, 0.717) is 0 Å². The highest BCUT2D eigenvalue weighted by Crippen LogP contribution is 2.09. The van der Waals surface area contributed by atoms with Crippen LogP contribution in [0.15, 0.2) is 0 Å². The lowest BCUT2D eigenvalue weighted by atomic mass is 10.4. The lowest BCUT2D eigenvalue weighted by Gasteiger charge is -2.20. The van der Waals surface area contributed by atoms with Gasteiger partial charge in [0.15, 0.2) is 0 Å². The highest BCUT2D eigenvalue weighted by molar-refractivity contribution is 5.76. The van der Waals surface area contributed by atoms with Crippen LogP contribution in [-0.2, 0) is 0 Å². The molecule has 0 aromatic rings. The Morgan fingerprint density at radius 3 is 2.36 bits per heavy atom. The van der Waals surface area contributed by atoms with Crippen molar-refractivity contribution in [3.63, 3.8) is 0 Å². The third-order valence-corrected chi connectivity index (χ3v) is 3.19. The molecule has 0 bridgehead atoms. The van der Waals surface area contributed by atoms with Crippen LogP contribution in [0.4, 0.5) is 4.79 Å². The number of urea groups is 1. The minimum atomic E-state index is 0.198. The first-order valence-corrected chi connectivity index (χ1v) is 5.50. The van der Waals surface area contributed by atoms with E-state index in [1.54, 1.807) is 4.90 Å². The van der Waals surface area contributed by atoms with Gasteiger partial charge in [-0.3, -0.25) is 0 Å². The summed E-state index contributed by atoms with van der Waals surface area (Å²) in [6, 6.07) is 0.198. The van der Waals surface area contributed by atoms with Crippen LogP contribution in [0.2, 0.25) is 0 Å². The van der Waals surface area contributed by atoms with Gasteiger partial charge in [0.25, 0.3) is 0 Å². The van der Waals surface area contributed by atoms with Gasteiger partial charge >= 0.3 is 6.03 Å². The lowest BCUT2D eigenvalue weighted by Crippen LogP contribution is -2.36. The van der Waals surface area contributed by atoms with E-state index >= 15 is 0 Å². The molecule has 0 unspecified atom stereocenters. The molecule has 0 atom stereocenters. The quantitative estimate of drug-likeness (QED) is 0.657. The van der Waals surface area contributed by atoms with Crippen molar-refractivity contribution in [2.75, 3.05) is 46.3 Å². The van der Waals surface area contributed by atoms with E-state index in [9.17, 15) is 4.79 Å². The molecule has 0 aliphatic carbocycles. The molecule has 2 heterocycles. The second-order valence-corrected chi connectivity index (χ2v) is 4.24. The number of nitrogens with zero attached hydrogens (tertiary/aromatic N) is 3. The average molecular weight is 197 g/mol. The third kappa shape index (κ3) is 2.00. The normalized spacial score (nSPS) is 23.9. The fourth-order valence-corrected chi connectivity index (χ4v) is 2.18. The molecular weight excluding hydrogens is 178 g/mol. The van der Waals surface area contributed by atoms with Crippen LogP contribution in [-0.4, -0.2) is 67.0 Å². The number of hydrogen-bond acceptors (Lipinski definition) is 2. The maximum atomic E-state index is 11.5. The molecule has 0 aromatic carbocycles. The first-order valence-electron chi connectivity index (χ1n) is 5.50. The van der Waals surface area contributed by atoms with Crippen LogP contribution in [0.5, 0.6) is 0 Å². The standard InChI is InChI=1S/C10H19N3O/c1-11-6-8-13(10(11)14)9-7-12-4-2-3-5-12/h2-9H2,1H3. The van der Waals surface area contributed by atoms with Crippen molar-refractivity contribution in [2.45, 2.75) is 12.8 Å². The fraction of sp³-hybridized carbons (Fsp3) is 0.900. The van der Waals surface area contributed by atoms with Crippen LogP contribution in [0, 0.1) is 0 Å². The topological polar surface area (TPSA) is 26.8 Å². The number of hydrogen-bond donors (Lipinski definition) is 0. The van der Waals surface area contributed by atoms with Gasteiger partial charge in [-0.15, -0.1) is 0 Å². The summed E-state index contributed by atoms with van der Waals surface area (Å²) in [5, 5.41) is 0. The number of carbonyl (C=O) groups is 1. The summed E-state index contributed by atoms with van der Waals surface area (Å²) in [7, 11) is 1.87. The molecule has 2 aliphatic rings. The van der Waals surface area contributed by atoms with Gasteiger partial charge in [0.2, 0.25) is 0 Å². The second-order valence-electron chi connectivity index (χ2n) is 4.24. The molecule has 0 spiro atoms. The fourth-order valence-electron chi connectivity index (χ4n) is 2.18. The van der Waals surface area contributed by atoms with E-state index < -0.39 is 0 Å². The summed E-state index contributed by atoms with van der Waals surface area (Å²) < 4.78 is 0. The zero-order valence-electron chi connectivity index (χ0n) is 8.91. The first kappa shape index (κ1) is 9.77. The highest BCUT2D eigenvalue weighted by Gasteiger charge is 2.25. The van der Waals surface area contributed by atoms with Gasteiger partial charge in [-0.2, -0.15) is 0 Å². The van der Waals surface area contributed by atoms with Gasteiger partial charge in [-0.05, 0) is 25.9 Å². The monoisotopic (exact) mass is 197 g/mol. The van der Waals surface area contributed by atoms with Crippen molar-refractivity contribution in [1.82, 2.24) is 14.7 Å². The summed E-state index contributed by atoms with van der Waals surface area (Å²) >= 11 is 0. The lowest BCUT2D eigenvalue weighted by molar-refractivity contribution is 0.192. The minimum Gasteiger partial charge on any atom is -0.326 e. The van der Waals surface area contributed by atoms with E-state index in [-0.39, 0.29) is 6.03 Å². The van der Waals surface area contributed by atoms with E-state index in [0.717, 1.165) is 26.2 Å². The van der Waals surface area contributed by atoms with Crippen LogP contribution in [0.1, 0.15) is 12.8 Å². The van der Waals surface area contributed by atoms with Crippen molar-refractivity contribution < 1.29 is 4.79 Å². The molecule has 0 N–H and O–H groups in total. The molecule has 2 saturated heterocycles. The summed E-state index contributed by atoms with van der Waals surface area (Å²) in [6.45, 7) is 6.19. The molecule has 0 radical (unpaired) electrons. The van der Waals surface area contributed by atoms with Crippen LogP contribution < -0.4 is 0 Å². The zero-order chi connectivity index (χ0) is 9.97. The van der Waals surface area contributed by atoms with Crippen LogP contribution in [0.3, 0.4) is 0 Å². The van der Waals surface area contributed by atoms with Gasteiger partial charge in [0, 0.05) is 33.2 Å². The summed E-state index contributed by atoms with van der Waals surface area (Å²) in [4.78, 5) is 17.7. The molecule has 0 aromatic heterocycles. The molecule has 4 nitrogen and oxygen atoms in total. The maximum absolute atomic E-state index is 11.5. The number of likely N-dealkylation sites (tertiary alicyclic amines) is 1.